The maximum Gasteiger partial charge on any atom is 0.00129 e. The van der Waals surface area contributed by atoms with Gasteiger partial charge in [-0.1, -0.05) is 176 Å². The molecule has 0 unspecified atom stereocenters. The Morgan fingerprint density at radius 2 is 0.778 bits per heavy atom. The van der Waals surface area contributed by atoms with Crippen molar-refractivity contribution in [1.82, 2.24) is 0 Å². The van der Waals surface area contributed by atoms with Crippen LogP contribution in [0.5, 0.6) is 0 Å². The molecule has 1 heteroatoms. The lowest BCUT2D eigenvalue weighted by Gasteiger charge is -2.27. The Bertz CT molecular complexity index is 2300. The van der Waals surface area contributed by atoms with E-state index < -0.39 is 7.92 Å². The number of fused-ring (bicyclic) bond motifs is 4. The lowest BCUT2D eigenvalue weighted by molar-refractivity contribution is 1.65. The van der Waals surface area contributed by atoms with Crippen molar-refractivity contribution in [2.24, 2.45) is 0 Å². The van der Waals surface area contributed by atoms with Gasteiger partial charge in [0.25, 0.3) is 0 Å². The predicted molar refractivity (Wildman–Crippen MR) is 195 cm³/mol. The molecule has 1 aliphatic carbocycles. The molecule has 0 heterocycles. The summed E-state index contributed by atoms with van der Waals surface area (Å²) < 4.78 is 0. The fourth-order valence-electron chi connectivity index (χ4n) is 7.34. The second-order valence-corrected chi connectivity index (χ2v) is 13.8. The highest BCUT2D eigenvalue weighted by Gasteiger charge is 2.34. The van der Waals surface area contributed by atoms with Crippen molar-refractivity contribution in [3.05, 3.63) is 176 Å². The van der Waals surface area contributed by atoms with Crippen LogP contribution in [-0.4, -0.2) is 0 Å². The van der Waals surface area contributed by atoms with E-state index in [0.717, 1.165) is 0 Å². The van der Waals surface area contributed by atoms with Crippen molar-refractivity contribution >= 4 is 45.4 Å². The van der Waals surface area contributed by atoms with Gasteiger partial charge in [0.1, 0.15) is 0 Å². The Kier molecular flexibility index (Phi) is 6.22. The van der Waals surface area contributed by atoms with Gasteiger partial charge in [-0.25, -0.2) is 0 Å². The molecular formula is C44H29P. The Morgan fingerprint density at radius 1 is 0.289 bits per heavy atom. The van der Waals surface area contributed by atoms with Crippen LogP contribution in [0.15, 0.2) is 176 Å². The number of rotatable bonds is 5. The minimum absolute atomic E-state index is 0.867. The summed E-state index contributed by atoms with van der Waals surface area (Å²) in [6.07, 6.45) is 0. The van der Waals surface area contributed by atoms with Gasteiger partial charge in [-0.2, -0.15) is 0 Å². The third kappa shape index (κ3) is 4.11. The third-order valence-electron chi connectivity index (χ3n) is 9.17. The third-order valence-corrected chi connectivity index (χ3v) is 11.7. The van der Waals surface area contributed by atoms with Crippen molar-refractivity contribution in [3.8, 4) is 44.5 Å². The van der Waals surface area contributed by atoms with E-state index in [1.165, 1.54) is 82.0 Å². The minimum atomic E-state index is -0.867. The van der Waals surface area contributed by atoms with E-state index >= 15 is 0 Å². The first-order valence-electron chi connectivity index (χ1n) is 15.5. The Morgan fingerprint density at radius 3 is 1.42 bits per heavy atom. The van der Waals surface area contributed by atoms with E-state index in [1.807, 2.05) is 0 Å². The van der Waals surface area contributed by atoms with Gasteiger partial charge in [-0.3, -0.25) is 0 Å². The molecule has 0 saturated heterocycles. The largest absolute Gasteiger partial charge is 0.0622 e. The zero-order valence-electron chi connectivity index (χ0n) is 24.7. The van der Waals surface area contributed by atoms with Crippen LogP contribution < -0.4 is 15.9 Å². The zero-order valence-corrected chi connectivity index (χ0v) is 25.6. The Labute approximate surface area is 265 Å². The summed E-state index contributed by atoms with van der Waals surface area (Å²) in [5.74, 6) is 0. The summed E-state index contributed by atoms with van der Waals surface area (Å²) in [5.41, 5.74) is 10.5. The molecule has 0 bridgehead atoms. The van der Waals surface area contributed by atoms with Crippen LogP contribution in [-0.2, 0) is 0 Å². The molecule has 0 radical (unpaired) electrons. The molecular weight excluding hydrogens is 559 g/mol. The molecule has 0 spiro atoms. The fraction of sp³-hybridized carbons (Fsp3) is 0. The average molecular weight is 589 g/mol. The quantitative estimate of drug-likeness (QED) is 0.176. The summed E-state index contributed by atoms with van der Waals surface area (Å²) in [6, 6.07) is 64.9. The van der Waals surface area contributed by atoms with Gasteiger partial charge >= 0.3 is 0 Å². The molecule has 0 nitrogen and oxygen atoms in total. The first-order valence-corrected chi connectivity index (χ1v) is 16.9. The predicted octanol–water partition coefficient (Wildman–Crippen LogP) is 10.7. The summed E-state index contributed by atoms with van der Waals surface area (Å²) in [6.45, 7) is 0. The molecule has 45 heavy (non-hydrogen) atoms. The molecule has 8 aromatic carbocycles. The zero-order chi connectivity index (χ0) is 29.7. The standard InChI is InChI=1S/C44H29P/c1-5-16-30(17-6-1)34-28-29-39-41-35(34)26-15-27-38(41)42-40(31-18-7-2-8-19-31)36-24-13-14-25-37(36)44(43(39)42)45(32-20-9-3-10-21-32)33-22-11-4-12-23-33/h1-29H. The van der Waals surface area contributed by atoms with E-state index in [1.54, 1.807) is 0 Å². The van der Waals surface area contributed by atoms with E-state index in [4.69, 9.17) is 0 Å². The maximum atomic E-state index is 2.40. The molecule has 0 aromatic heterocycles. The van der Waals surface area contributed by atoms with Gasteiger partial charge < -0.3 is 0 Å². The molecule has 0 amide bonds. The summed E-state index contributed by atoms with van der Waals surface area (Å²) in [7, 11) is -0.867. The summed E-state index contributed by atoms with van der Waals surface area (Å²) >= 11 is 0. The van der Waals surface area contributed by atoms with Gasteiger partial charge in [0, 0.05) is 5.30 Å². The second-order valence-electron chi connectivity index (χ2n) is 11.6. The van der Waals surface area contributed by atoms with Gasteiger partial charge in [0.2, 0.25) is 0 Å². The topological polar surface area (TPSA) is 0 Å². The molecule has 9 rings (SSSR count). The SMILES string of the molecule is c1ccc(-c2c3c(c(P(c4ccccc4)c4ccccc4)c4ccccc24)-c2ccc(-c4ccccc4)c4cccc-3c24)cc1. The van der Waals surface area contributed by atoms with Gasteiger partial charge in [-0.05, 0) is 84.6 Å². The van der Waals surface area contributed by atoms with Crippen LogP contribution in [0.4, 0.5) is 0 Å². The van der Waals surface area contributed by atoms with Crippen LogP contribution in [0.3, 0.4) is 0 Å². The molecule has 0 atom stereocenters. The van der Waals surface area contributed by atoms with E-state index in [-0.39, 0.29) is 0 Å². The fourth-order valence-corrected chi connectivity index (χ4v) is 9.99. The minimum Gasteiger partial charge on any atom is -0.0622 e. The monoisotopic (exact) mass is 588 g/mol. The first kappa shape index (κ1) is 26.1. The van der Waals surface area contributed by atoms with Crippen LogP contribution in [0, 0.1) is 0 Å². The second kappa shape index (κ2) is 10.7. The Hall–Kier alpha value is -5.29. The molecule has 0 N–H and O–H groups in total. The number of hydrogen-bond donors (Lipinski definition) is 0. The molecule has 0 fully saturated rings. The smallest absolute Gasteiger partial charge is 0.00129 e. The van der Waals surface area contributed by atoms with Crippen LogP contribution in [0.25, 0.3) is 66.1 Å². The van der Waals surface area contributed by atoms with Crippen molar-refractivity contribution in [2.45, 2.75) is 0 Å². The lowest BCUT2D eigenvalue weighted by Crippen LogP contribution is -2.23. The normalized spacial score (nSPS) is 11.8. The van der Waals surface area contributed by atoms with E-state index in [9.17, 15) is 0 Å². The number of benzene rings is 8. The van der Waals surface area contributed by atoms with E-state index in [0.29, 0.717) is 0 Å². The first-order chi connectivity index (χ1) is 22.4. The molecule has 0 aliphatic heterocycles. The molecule has 210 valence electrons. The van der Waals surface area contributed by atoms with Gasteiger partial charge in [0.15, 0.2) is 0 Å². The maximum absolute atomic E-state index is 2.40. The highest BCUT2D eigenvalue weighted by molar-refractivity contribution is 7.80. The van der Waals surface area contributed by atoms with Crippen LogP contribution in [0.1, 0.15) is 0 Å². The van der Waals surface area contributed by atoms with Gasteiger partial charge in [0.05, 0.1) is 0 Å². The molecule has 1 aliphatic rings. The molecule has 8 aromatic rings. The van der Waals surface area contributed by atoms with Crippen LogP contribution >= 0.6 is 7.92 Å². The van der Waals surface area contributed by atoms with Crippen molar-refractivity contribution in [2.75, 3.05) is 0 Å². The highest BCUT2D eigenvalue weighted by Crippen LogP contribution is 2.56. The van der Waals surface area contributed by atoms with Gasteiger partial charge in [-0.15, -0.1) is 0 Å². The lowest BCUT2D eigenvalue weighted by atomic mass is 9.88. The average Bonchev–Trinajstić information content (AvgIpc) is 3.45. The summed E-state index contributed by atoms with van der Waals surface area (Å²) in [5, 5.41) is 9.49. The highest BCUT2D eigenvalue weighted by atomic mass is 31.1. The van der Waals surface area contributed by atoms with Crippen molar-refractivity contribution in [1.29, 1.82) is 0 Å². The van der Waals surface area contributed by atoms with Crippen molar-refractivity contribution < 1.29 is 0 Å². The molecule has 0 saturated carbocycles. The van der Waals surface area contributed by atoms with Crippen molar-refractivity contribution in [3.63, 3.8) is 0 Å². The summed E-state index contributed by atoms with van der Waals surface area (Å²) in [4.78, 5) is 0. The number of hydrogen-bond acceptors (Lipinski definition) is 0. The van der Waals surface area contributed by atoms with Crippen LogP contribution in [0.2, 0.25) is 0 Å². The van der Waals surface area contributed by atoms with E-state index in [2.05, 4.69) is 176 Å². The Balaban J connectivity index is 1.48.